The van der Waals surface area contributed by atoms with Gasteiger partial charge in [0.15, 0.2) is 0 Å². The Bertz CT molecular complexity index is 1450. The summed E-state index contributed by atoms with van der Waals surface area (Å²) in [5.41, 5.74) is 0. The Hall–Kier alpha value is -0.886. The molecule has 0 saturated carbocycles. The van der Waals surface area contributed by atoms with E-state index in [1.807, 2.05) is 4.90 Å². The molecule has 2 atom stereocenters. The third-order valence-corrected chi connectivity index (χ3v) is 19.1. The lowest BCUT2D eigenvalue weighted by Gasteiger charge is -2.27. The molecule has 0 radical (unpaired) electrons. The zero-order chi connectivity index (χ0) is 71.1. The molecule has 0 aliphatic heterocycles. The Morgan fingerprint density at radius 2 is 0.378 bits per heavy atom. The molecule has 35 heteroatoms. The van der Waals surface area contributed by atoms with Crippen LogP contribution in [0.25, 0.3) is 0 Å². The number of aliphatic hydroxyl groups excluding tert-OH is 2. The van der Waals surface area contributed by atoms with Crippen LogP contribution in [0.15, 0.2) is 0 Å². The van der Waals surface area contributed by atoms with Crippen LogP contribution in [0, 0.1) is 0 Å². The lowest BCUT2D eigenvalue weighted by molar-refractivity contribution is -0.0319. The summed E-state index contributed by atoms with van der Waals surface area (Å²) in [5, 5.41) is 21.6. The van der Waals surface area contributed by atoms with Crippen LogP contribution in [0.1, 0.15) is 12.8 Å². The van der Waals surface area contributed by atoms with Crippen LogP contribution in [0.3, 0.4) is 0 Å². The van der Waals surface area contributed by atoms with E-state index in [0.717, 1.165) is 0 Å². The Kier molecular flexibility index (Phi) is 79.5. The van der Waals surface area contributed by atoms with Crippen LogP contribution >= 0.6 is 0 Å². The fourth-order valence-electron chi connectivity index (χ4n) is 8.13. The van der Waals surface area contributed by atoms with Crippen LogP contribution in [0.5, 0.6) is 0 Å². The summed E-state index contributed by atoms with van der Waals surface area (Å²) in [4.78, 5) is 1.93. The maximum Gasteiger partial charge on any atom is 0.500 e. The molecule has 0 fully saturated rings. The largest absolute Gasteiger partial charge is 0.500 e. The quantitative estimate of drug-likeness (QED) is 0.0621. The van der Waals surface area contributed by atoms with Crippen LogP contribution < -0.4 is 0 Å². The Morgan fingerprint density at radius 1 is 0.214 bits per heavy atom. The number of aliphatic hydroxyl groups is 2. The van der Waals surface area contributed by atoms with Gasteiger partial charge in [0.25, 0.3) is 0 Å². The highest BCUT2D eigenvalue weighted by Crippen LogP contribution is 2.16. The first-order chi connectivity index (χ1) is 48.3. The molecule has 33 nitrogen and oxygen atoms in total. The van der Waals surface area contributed by atoms with Crippen molar-refractivity contribution in [1.82, 2.24) is 4.90 Å². The van der Waals surface area contributed by atoms with Crippen LogP contribution in [-0.2, 0) is 140 Å². The SMILES string of the molecule is COCCOCCOCCOCCOCCOCCOCCOCCOCCOCCOCCOCCOCCOCCOCCOCCOCCOCCOCCOCCOCCOCCN(CC(O)COCCC[Si](OC)(OC)OC)CC(O)COCCC[Si](OC)(OC)OC. The van der Waals surface area contributed by atoms with Gasteiger partial charge in [0, 0.05) is 94.7 Å². The molecule has 0 spiro atoms. The maximum atomic E-state index is 10.8. The first-order valence-electron chi connectivity index (χ1n) is 34.5. The molecule has 0 amide bonds. The van der Waals surface area contributed by atoms with Gasteiger partial charge in [0.1, 0.15) is 0 Å². The highest BCUT2D eigenvalue weighted by atomic mass is 28.4. The highest BCUT2D eigenvalue weighted by molar-refractivity contribution is 6.60. The van der Waals surface area contributed by atoms with E-state index in [2.05, 4.69) is 0 Å². The topological polar surface area (TPSA) is 321 Å². The molecule has 0 aliphatic carbocycles. The average molecular weight is 1470 g/mol. The smallest absolute Gasteiger partial charge is 0.389 e. The minimum absolute atomic E-state index is 0.122. The standard InChI is InChI=1S/C63H133NO32Si2/c1-67-14-15-75-18-19-77-22-23-79-26-27-81-30-31-83-34-35-85-38-39-87-42-43-89-46-47-91-50-51-93-54-55-94-53-52-92-49-48-90-45-44-88-41-40-86-37-36-84-33-32-82-29-28-80-25-24-78-21-20-76-17-16-74-13-10-64(58-62(65)60-95-11-8-56-97(68-2,69-3)70-4)59-63(66)61-96-12-9-57-98(71-5,72-6)73-7/h62-63,65-66H,8-61H2,1-7H3. The molecule has 2 unspecified atom stereocenters. The van der Waals surface area contributed by atoms with E-state index in [1.165, 1.54) is 0 Å². The van der Waals surface area contributed by atoms with Gasteiger partial charge in [-0.05, 0) is 12.8 Å². The second kappa shape index (κ2) is 80.2. The van der Waals surface area contributed by atoms with Crippen LogP contribution in [0.2, 0.25) is 12.1 Å². The molecule has 0 heterocycles. The number of rotatable bonds is 88. The molecule has 0 saturated heterocycles. The third kappa shape index (κ3) is 69.5. The van der Waals surface area contributed by atoms with Gasteiger partial charge in [-0.25, -0.2) is 0 Å². The molecule has 590 valence electrons. The van der Waals surface area contributed by atoms with Crippen molar-refractivity contribution in [3.63, 3.8) is 0 Å². The first kappa shape index (κ1) is 97.1. The minimum atomic E-state index is -2.69. The number of methoxy groups -OCH3 is 1. The zero-order valence-corrected chi connectivity index (χ0v) is 62.9. The molecular weight excluding hydrogens is 1340 g/mol. The molecule has 2 N–H and O–H groups in total. The predicted molar refractivity (Wildman–Crippen MR) is 362 cm³/mol. The first-order valence-corrected chi connectivity index (χ1v) is 38.3. The van der Waals surface area contributed by atoms with Crippen molar-refractivity contribution in [3.05, 3.63) is 0 Å². The second-order valence-electron chi connectivity index (χ2n) is 20.9. The summed E-state index contributed by atoms with van der Waals surface area (Å²) in [6.07, 6.45) is -0.284. The molecule has 0 aliphatic rings. The summed E-state index contributed by atoms with van der Waals surface area (Å²) in [6.45, 7) is 22.5. The third-order valence-electron chi connectivity index (χ3n) is 13.4. The van der Waals surface area contributed by atoms with Crippen LogP contribution in [-0.4, -0.2) is 425 Å². The molecule has 0 aromatic rings. The van der Waals surface area contributed by atoms with Crippen molar-refractivity contribution >= 4 is 17.6 Å². The molecule has 0 aromatic carbocycles. The van der Waals surface area contributed by atoms with E-state index < -0.39 is 29.8 Å². The molecule has 0 bridgehead atoms. The Labute approximate surface area is 588 Å². The van der Waals surface area contributed by atoms with Gasteiger partial charge >= 0.3 is 17.6 Å². The predicted octanol–water partition coefficient (Wildman–Crippen LogP) is 0.575. The fraction of sp³-hybridized carbons (Fsp3) is 1.00. The van der Waals surface area contributed by atoms with Crippen molar-refractivity contribution in [2.24, 2.45) is 0 Å². The van der Waals surface area contributed by atoms with Crippen LogP contribution in [0.4, 0.5) is 0 Å². The van der Waals surface area contributed by atoms with E-state index in [1.54, 1.807) is 49.8 Å². The summed E-state index contributed by atoms with van der Waals surface area (Å²) in [6, 6.07) is 1.18. The lowest BCUT2D eigenvalue weighted by atomic mass is 10.3. The van der Waals surface area contributed by atoms with Gasteiger partial charge in [-0.15, -0.1) is 0 Å². The second-order valence-corrected chi connectivity index (χ2v) is 27.0. The Morgan fingerprint density at radius 3 is 0.541 bits per heavy atom. The number of ether oxygens (including phenoxy) is 24. The van der Waals surface area contributed by atoms with Crippen molar-refractivity contribution < 1.29 is 150 Å². The molecular formula is C63H133NO32Si2. The van der Waals surface area contributed by atoms with Gasteiger partial charge in [0.2, 0.25) is 0 Å². The summed E-state index contributed by atoms with van der Waals surface area (Å²) in [7, 11) is 5.68. The molecule has 0 rings (SSSR count). The van der Waals surface area contributed by atoms with Gasteiger partial charge in [-0.3, -0.25) is 4.90 Å². The van der Waals surface area contributed by atoms with Gasteiger partial charge in [-0.1, -0.05) is 0 Å². The average Bonchev–Trinajstić information content (AvgIpc) is 1.13. The highest BCUT2D eigenvalue weighted by Gasteiger charge is 2.38. The number of hydrogen-bond donors (Lipinski definition) is 2. The fourth-order valence-corrected chi connectivity index (χ4v) is 11.5. The van der Waals surface area contributed by atoms with E-state index in [9.17, 15) is 10.2 Å². The van der Waals surface area contributed by atoms with E-state index >= 15 is 0 Å². The maximum absolute atomic E-state index is 10.8. The summed E-state index contributed by atoms with van der Waals surface area (Å²) in [5.74, 6) is 0. The van der Waals surface area contributed by atoms with Gasteiger partial charge in [-0.2, -0.15) is 0 Å². The van der Waals surface area contributed by atoms with Gasteiger partial charge in [0.05, 0.1) is 310 Å². The lowest BCUT2D eigenvalue weighted by Crippen LogP contribution is -2.43. The normalized spacial score (nSPS) is 12.9. The van der Waals surface area contributed by atoms with Crippen molar-refractivity contribution in [1.29, 1.82) is 0 Å². The summed E-state index contributed by atoms with van der Waals surface area (Å²) >= 11 is 0. The van der Waals surface area contributed by atoms with Crippen molar-refractivity contribution in [2.75, 3.05) is 380 Å². The Balaban J connectivity index is 3.51. The van der Waals surface area contributed by atoms with E-state index in [-0.39, 0.29) is 26.3 Å². The summed E-state index contributed by atoms with van der Waals surface area (Å²) < 4.78 is 165. The number of nitrogens with zero attached hydrogens (tertiary/aromatic N) is 1. The van der Waals surface area contributed by atoms with Crippen molar-refractivity contribution in [3.8, 4) is 0 Å². The van der Waals surface area contributed by atoms with Gasteiger partial charge < -0.3 is 150 Å². The molecule has 98 heavy (non-hydrogen) atoms. The monoisotopic (exact) mass is 1470 g/mol. The number of hydrogen-bond acceptors (Lipinski definition) is 33. The molecule has 0 aromatic heterocycles. The zero-order valence-electron chi connectivity index (χ0n) is 60.9. The van der Waals surface area contributed by atoms with E-state index in [0.29, 0.717) is 329 Å². The van der Waals surface area contributed by atoms with Crippen molar-refractivity contribution in [2.45, 2.75) is 37.1 Å². The minimum Gasteiger partial charge on any atom is -0.389 e. The van der Waals surface area contributed by atoms with E-state index in [4.69, 9.17) is 140 Å².